The molecule has 0 radical (unpaired) electrons. The van der Waals surface area contributed by atoms with E-state index in [0.29, 0.717) is 0 Å². The second-order valence-corrected chi connectivity index (χ2v) is 4.27. The molecule has 0 unspecified atom stereocenters. The average molecular weight is 202 g/mol. The molecule has 0 saturated carbocycles. The van der Waals surface area contributed by atoms with Crippen LogP contribution in [0.3, 0.4) is 0 Å². The number of rotatable bonds is 1. The molecule has 0 amide bonds. The van der Waals surface area contributed by atoms with Gasteiger partial charge in [0.05, 0.1) is 6.61 Å². The minimum Gasteiger partial charge on any atom is -0.455 e. The van der Waals surface area contributed by atoms with Crippen molar-refractivity contribution in [3.63, 3.8) is 0 Å². The molecule has 2 fully saturated rings. The fourth-order valence-corrected chi connectivity index (χ4v) is 2.05. The van der Waals surface area contributed by atoms with E-state index in [2.05, 4.69) is 0 Å². The van der Waals surface area contributed by atoms with Gasteiger partial charge in [0.15, 0.2) is 17.5 Å². The number of fused-ring (bicyclic) bond motifs is 1. The molecule has 0 aromatic rings. The van der Waals surface area contributed by atoms with Crippen LogP contribution in [0.1, 0.15) is 20.8 Å². The number of aliphatic hydroxyl groups excluding tert-OH is 1. The molecule has 5 nitrogen and oxygen atoms in total. The summed E-state index contributed by atoms with van der Waals surface area (Å²) in [6.45, 7) is 4.85. The van der Waals surface area contributed by atoms with E-state index in [1.54, 1.807) is 20.8 Å². The van der Waals surface area contributed by atoms with Gasteiger partial charge in [0.1, 0.15) is 6.10 Å². The first-order valence-corrected chi connectivity index (χ1v) is 4.59. The van der Waals surface area contributed by atoms with E-state index in [4.69, 9.17) is 19.3 Å². The van der Waals surface area contributed by atoms with Gasteiger partial charge in [-0.15, -0.1) is 0 Å². The number of cyclic esters (lactones) is 1. The van der Waals surface area contributed by atoms with E-state index in [9.17, 15) is 4.79 Å². The number of esters is 1. The predicted molar refractivity (Wildman–Crippen MR) is 45.4 cm³/mol. The summed E-state index contributed by atoms with van der Waals surface area (Å²) in [7, 11) is 0. The highest BCUT2D eigenvalue weighted by Crippen LogP contribution is 2.43. The molecule has 0 aromatic heterocycles. The summed E-state index contributed by atoms with van der Waals surface area (Å²) in [4.78, 5) is 11.5. The van der Waals surface area contributed by atoms with Crippen LogP contribution in [0.15, 0.2) is 0 Å². The van der Waals surface area contributed by atoms with Crippen molar-refractivity contribution in [1.82, 2.24) is 0 Å². The molecule has 5 heteroatoms. The second-order valence-electron chi connectivity index (χ2n) is 4.27. The Hall–Kier alpha value is -0.650. The van der Waals surface area contributed by atoms with Gasteiger partial charge < -0.3 is 19.3 Å². The standard InChI is InChI=1S/C9H14O5/c1-8(2)13-6-5(4-10)12-7(11)9(6,3)14-8/h5-6,10H,4H2,1-3H3/t5-,6-,9-/m0/s1. The molecule has 2 heterocycles. The summed E-state index contributed by atoms with van der Waals surface area (Å²) in [5.41, 5.74) is -1.07. The van der Waals surface area contributed by atoms with Crippen LogP contribution in [-0.2, 0) is 19.0 Å². The van der Waals surface area contributed by atoms with Crippen LogP contribution in [0.5, 0.6) is 0 Å². The Morgan fingerprint density at radius 3 is 2.64 bits per heavy atom. The Kier molecular flexibility index (Phi) is 1.90. The lowest BCUT2D eigenvalue weighted by atomic mass is 9.99. The zero-order valence-electron chi connectivity index (χ0n) is 8.44. The molecule has 0 aliphatic carbocycles. The Morgan fingerprint density at radius 2 is 2.07 bits per heavy atom. The van der Waals surface area contributed by atoms with Crippen LogP contribution in [-0.4, -0.2) is 41.3 Å². The topological polar surface area (TPSA) is 65.0 Å². The van der Waals surface area contributed by atoms with E-state index in [0.717, 1.165) is 0 Å². The van der Waals surface area contributed by atoms with Crippen LogP contribution >= 0.6 is 0 Å². The molecular weight excluding hydrogens is 188 g/mol. The SMILES string of the molecule is CC1(C)O[C@H]2[C@H](CO)OC(=O)[C@@]2(C)O1. The van der Waals surface area contributed by atoms with Crippen molar-refractivity contribution >= 4 is 5.97 Å². The van der Waals surface area contributed by atoms with Crippen molar-refractivity contribution in [1.29, 1.82) is 0 Å². The molecule has 2 saturated heterocycles. The normalized spacial score (nSPS) is 45.0. The zero-order valence-corrected chi connectivity index (χ0v) is 8.44. The maximum Gasteiger partial charge on any atom is 0.341 e. The molecule has 80 valence electrons. The van der Waals surface area contributed by atoms with Crippen LogP contribution < -0.4 is 0 Å². The highest BCUT2D eigenvalue weighted by atomic mass is 16.8. The molecule has 2 aliphatic rings. The number of aliphatic hydroxyl groups is 1. The molecule has 2 rings (SSSR count). The third-order valence-electron chi connectivity index (χ3n) is 2.59. The van der Waals surface area contributed by atoms with Gasteiger partial charge in [-0.25, -0.2) is 4.79 Å². The van der Waals surface area contributed by atoms with Crippen molar-refractivity contribution in [2.75, 3.05) is 6.61 Å². The van der Waals surface area contributed by atoms with Crippen molar-refractivity contribution in [3.05, 3.63) is 0 Å². The van der Waals surface area contributed by atoms with Crippen molar-refractivity contribution < 1.29 is 24.1 Å². The monoisotopic (exact) mass is 202 g/mol. The minimum absolute atomic E-state index is 0.245. The van der Waals surface area contributed by atoms with Crippen molar-refractivity contribution in [2.24, 2.45) is 0 Å². The fourth-order valence-electron chi connectivity index (χ4n) is 2.05. The summed E-state index contributed by atoms with van der Waals surface area (Å²) in [6, 6.07) is 0. The summed E-state index contributed by atoms with van der Waals surface area (Å²) in [5, 5.41) is 9.00. The Bertz CT molecular complexity index is 274. The molecule has 1 N–H and O–H groups in total. The Labute approximate surface area is 81.9 Å². The summed E-state index contributed by atoms with van der Waals surface area (Å²) in [6.07, 6.45) is -1.13. The lowest BCUT2D eigenvalue weighted by Gasteiger charge is -2.21. The molecule has 3 atom stereocenters. The molecule has 14 heavy (non-hydrogen) atoms. The van der Waals surface area contributed by atoms with Gasteiger partial charge in [0.2, 0.25) is 0 Å². The van der Waals surface area contributed by atoms with Gasteiger partial charge >= 0.3 is 5.97 Å². The first-order valence-electron chi connectivity index (χ1n) is 4.59. The number of hydrogen-bond acceptors (Lipinski definition) is 5. The Morgan fingerprint density at radius 1 is 1.43 bits per heavy atom. The number of ether oxygens (including phenoxy) is 3. The maximum absolute atomic E-state index is 11.5. The van der Waals surface area contributed by atoms with Crippen LogP contribution in [0, 0.1) is 0 Å². The zero-order chi connectivity index (χ0) is 10.6. The molecule has 0 aromatic carbocycles. The largest absolute Gasteiger partial charge is 0.455 e. The third kappa shape index (κ3) is 1.16. The lowest BCUT2D eigenvalue weighted by Crippen LogP contribution is -2.41. The Balaban J connectivity index is 2.30. The summed E-state index contributed by atoms with van der Waals surface area (Å²) >= 11 is 0. The van der Waals surface area contributed by atoms with E-state index < -0.39 is 29.6 Å². The average Bonchev–Trinajstić information content (AvgIpc) is 2.42. The lowest BCUT2D eigenvalue weighted by molar-refractivity contribution is -0.198. The summed E-state index contributed by atoms with van der Waals surface area (Å²) < 4.78 is 16.0. The fraction of sp³-hybridized carbons (Fsp3) is 0.889. The number of hydrogen-bond donors (Lipinski definition) is 1. The van der Waals surface area contributed by atoms with Crippen LogP contribution in [0.2, 0.25) is 0 Å². The molecule has 0 spiro atoms. The van der Waals surface area contributed by atoms with Crippen LogP contribution in [0.25, 0.3) is 0 Å². The summed E-state index contributed by atoms with van der Waals surface area (Å²) in [5.74, 6) is -1.26. The highest BCUT2D eigenvalue weighted by molar-refractivity contribution is 5.83. The van der Waals surface area contributed by atoms with Gasteiger partial charge in [0, 0.05) is 0 Å². The van der Waals surface area contributed by atoms with E-state index in [1.807, 2.05) is 0 Å². The van der Waals surface area contributed by atoms with E-state index in [-0.39, 0.29) is 6.61 Å². The van der Waals surface area contributed by atoms with Gasteiger partial charge in [-0.1, -0.05) is 0 Å². The van der Waals surface area contributed by atoms with Gasteiger partial charge in [-0.2, -0.15) is 0 Å². The minimum atomic E-state index is -1.07. The third-order valence-corrected chi connectivity index (χ3v) is 2.59. The van der Waals surface area contributed by atoms with Gasteiger partial charge in [0.25, 0.3) is 0 Å². The smallest absolute Gasteiger partial charge is 0.341 e. The van der Waals surface area contributed by atoms with E-state index >= 15 is 0 Å². The molecule has 0 bridgehead atoms. The predicted octanol–water partition coefficient (Wildman–Crippen LogP) is -0.186. The molecule has 2 aliphatic heterocycles. The van der Waals surface area contributed by atoms with Gasteiger partial charge in [-0.3, -0.25) is 0 Å². The first kappa shape index (κ1) is 9.89. The molecular formula is C9H14O5. The van der Waals surface area contributed by atoms with Crippen LogP contribution in [0.4, 0.5) is 0 Å². The number of carbonyl (C=O) groups excluding carboxylic acids is 1. The number of carbonyl (C=O) groups is 1. The van der Waals surface area contributed by atoms with E-state index in [1.165, 1.54) is 0 Å². The quantitative estimate of drug-likeness (QED) is 0.597. The second kappa shape index (κ2) is 2.68. The first-order chi connectivity index (χ1) is 6.39. The van der Waals surface area contributed by atoms with Crippen molar-refractivity contribution in [2.45, 2.75) is 44.4 Å². The van der Waals surface area contributed by atoms with Crippen molar-refractivity contribution in [3.8, 4) is 0 Å². The maximum atomic E-state index is 11.5. The van der Waals surface area contributed by atoms with Gasteiger partial charge in [-0.05, 0) is 20.8 Å². The highest BCUT2D eigenvalue weighted by Gasteiger charge is 2.64.